The van der Waals surface area contributed by atoms with Crippen molar-refractivity contribution >= 4 is 17.4 Å². The topological polar surface area (TPSA) is 73.6 Å². The van der Waals surface area contributed by atoms with Crippen LogP contribution in [0.2, 0.25) is 0 Å². The van der Waals surface area contributed by atoms with Crippen LogP contribution >= 0.6 is 11.8 Å². The van der Waals surface area contributed by atoms with Crippen LogP contribution in [0, 0.1) is 22.7 Å². The highest BCUT2D eigenvalue weighted by Gasteiger charge is 2.24. The summed E-state index contributed by atoms with van der Waals surface area (Å²) in [4.78, 5) is 0.795. The third-order valence-corrected chi connectivity index (χ3v) is 4.86. The van der Waals surface area contributed by atoms with Crippen LogP contribution in [0.3, 0.4) is 0 Å². The number of benzene rings is 3. The summed E-state index contributed by atoms with van der Waals surface area (Å²) >= 11 is 1.47. The van der Waals surface area contributed by atoms with E-state index in [9.17, 15) is 10.5 Å². The monoisotopic (exact) mass is 341 g/mol. The zero-order valence-electron chi connectivity index (χ0n) is 13.7. The second-order valence-electron chi connectivity index (χ2n) is 5.40. The minimum Gasteiger partial charge on any atom is -0.397 e. The molecule has 0 heterocycles. The van der Waals surface area contributed by atoms with Crippen molar-refractivity contribution in [3.63, 3.8) is 0 Å². The van der Waals surface area contributed by atoms with Gasteiger partial charge in [0.05, 0.1) is 16.8 Å². The molecule has 0 bridgehead atoms. The lowest BCUT2D eigenvalue weighted by Crippen LogP contribution is -2.03. The van der Waals surface area contributed by atoms with Crippen LogP contribution in [0.25, 0.3) is 22.3 Å². The van der Waals surface area contributed by atoms with E-state index in [0.29, 0.717) is 11.1 Å². The number of thioether (sulfide) groups is 1. The average molecular weight is 341 g/mol. The molecule has 4 heteroatoms. The number of nitrogen functional groups attached to an aromatic ring is 1. The Hall–Kier alpha value is -3.21. The summed E-state index contributed by atoms with van der Waals surface area (Å²) in [6.45, 7) is 0. The van der Waals surface area contributed by atoms with Crippen LogP contribution < -0.4 is 5.73 Å². The van der Waals surface area contributed by atoms with E-state index in [2.05, 4.69) is 12.1 Å². The smallest absolute Gasteiger partial charge is 0.103 e. The largest absolute Gasteiger partial charge is 0.397 e. The molecule has 120 valence electrons. The Labute approximate surface area is 151 Å². The molecule has 0 spiro atoms. The highest BCUT2D eigenvalue weighted by molar-refractivity contribution is 7.98. The van der Waals surface area contributed by atoms with Crippen molar-refractivity contribution < 1.29 is 0 Å². The number of anilines is 1. The Morgan fingerprint density at radius 2 is 1.24 bits per heavy atom. The van der Waals surface area contributed by atoms with E-state index in [-0.39, 0.29) is 5.69 Å². The van der Waals surface area contributed by atoms with E-state index in [0.717, 1.165) is 27.1 Å². The van der Waals surface area contributed by atoms with Crippen molar-refractivity contribution in [2.75, 3.05) is 12.0 Å². The first kappa shape index (κ1) is 16.6. The number of nitrogens with two attached hydrogens (primary N) is 1. The first-order chi connectivity index (χ1) is 12.2. The lowest BCUT2D eigenvalue weighted by atomic mass is 9.87. The molecular weight excluding hydrogens is 326 g/mol. The highest BCUT2D eigenvalue weighted by Crippen LogP contribution is 2.45. The van der Waals surface area contributed by atoms with Crippen molar-refractivity contribution in [1.29, 1.82) is 10.5 Å². The minimum absolute atomic E-state index is 0.243. The Balaban J connectivity index is 2.54. The fraction of sp³-hybridized carbons (Fsp3) is 0.0476. The second-order valence-corrected chi connectivity index (χ2v) is 6.22. The van der Waals surface area contributed by atoms with Gasteiger partial charge < -0.3 is 5.73 Å². The maximum absolute atomic E-state index is 9.77. The van der Waals surface area contributed by atoms with E-state index in [1.165, 1.54) is 11.8 Å². The van der Waals surface area contributed by atoms with Crippen LogP contribution in [0.4, 0.5) is 5.69 Å². The summed E-state index contributed by atoms with van der Waals surface area (Å²) in [6.07, 6.45) is 1.92. The molecule has 0 aliphatic heterocycles. The van der Waals surface area contributed by atoms with Crippen LogP contribution in [-0.4, -0.2) is 6.26 Å². The Bertz CT molecular complexity index is 998. The van der Waals surface area contributed by atoms with Crippen LogP contribution in [-0.2, 0) is 0 Å². The minimum atomic E-state index is 0.243. The number of hydrogen-bond donors (Lipinski definition) is 1. The van der Waals surface area contributed by atoms with Gasteiger partial charge in [0.25, 0.3) is 0 Å². The molecule has 2 N–H and O–H groups in total. The van der Waals surface area contributed by atoms with Crippen LogP contribution in [0.15, 0.2) is 65.6 Å². The van der Waals surface area contributed by atoms with Gasteiger partial charge in [0.2, 0.25) is 0 Å². The molecule has 0 fully saturated rings. The molecule has 3 aromatic rings. The van der Waals surface area contributed by atoms with Gasteiger partial charge in [-0.2, -0.15) is 10.5 Å². The fourth-order valence-corrected chi connectivity index (χ4v) is 3.73. The molecule has 3 rings (SSSR count). The van der Waals surface area contributed by atoms with Crippen LogP contribution in [0.1, 0.15) is 11.1 Å². The SMILES string of the molecule is CSc1c(C#N)c(N)c(C#N)c(-c2ccccc2)c1-c1ccccc1. The van der Waals surface area contributed by atoms with Gasteiger partial charge in [0, 0.05) is 16.0 Å². The van der Waals surface area contributed by atoms with Crippen molar-refractivity contribution in [2.45, 2.75) is 4.90 Å². The molecule has 0 unspecified atom stereocenters. The zero-order valence-corrected chi connectivity index (χ0v) is 14.5. The molecular formula is C21H15N3S. The van der Waals surface area contributed by atoms with Gasteiger partial charge >= 0.3 is 0 Å². The summed E-state index contributed by atoms with van der Waals surface area (Å²) in [6, 6.07) is 23.9. The Morgan fingerprint density at radius 3 is 1.68 bits per heavy atom. The van der Waals surface area contributed by atoms with Crippen molar-refractivity contribution in [3.8, 4) is 34.4 Å². The van der Waals surface area contributed by atoms with Crippen molar-refractivity contribution in [3.05, 3.63) is 71.8 Å². The molecule has 0 aliphatic rings. The van der Waals surface area contributed by atoms with E-state index >= 15 is 0 Å². The Kier molecular flexibility index (Phi) is 4.75. The normalized spacial score (nSPS) is 10.0. The standard InChI is InChI=1S/C21H15N3S/c1-25-21-17(13-23)20(24)16(12-22)18(14-8-4-2-5-9-14)19(21)15-10-6-3-7-11-15/h2-11H,24H2,1H3. The lowest BCUT2D eigenvalue weighted by molar-refractivity contribution is 1.35. The molecule has 0 atom stereocenters. The molecule has 25 heavy (non-hydrogen) atoms. The summed E-state index contributed by atoms with van der Waals surface area (Å²) in [5.74, 6) is 0. The van der Waals surface area contributed by atoms with Gasteiger partial charge in [-0.3, -0.25) is 0 Å². The predicted molar refractivity (Wildman–Crippen MR) is 103 cm³/mol. The van der Waals surface area contributed by atoms with Gasteiger partial charge in [-0.05, 0) is 17.4 Å². The average Bonchev–Trinajstić information content (AvgIpc) is 2.68. The highest BCUT2D eigenvalue weighted by atomic mass is 32.2. The maximum Gasteiger partial charge on any atom is 0.103 e. The van der Waals surface area contributed by atoms with E-state index < -0.39 is 0 Å². The van der Waals surface area contributed by atoms with Gasteiger partial charge in [0.15, 0.2) is 0 Å². The first-order valence-electron chi connectivity index (χ1n) is 7.67. The Morgan fingerprint density at radius 1 is 0.760 bits per heavy atom. The third-order valence-electron chi connectivity index (χ3n) is 4.05. The zero-order chi connectivity index (χ0) is 17.8. The third kappa shape index (κ3) is 2.85. The number of hydrogen-bond acceptors (Lipinski definition) is 4. The van der Waals surface area contributed by atoms with Crippen molar-refractivity contribution in [1.82, 2.24) is 0 Å². The molecule has 0 saturated heterocycles. The van der Waals surface area contributed by atoms with Gasteiger partial charge in [-0.25, -0.2) is 0 Å². The van der Waals surface area contributed by atoms with Gasteiger partial charge in [-0.1, -0.05) is 60.7 Å². The molecule has 3 aromatic carbocycles. The summed E-state index contributed by atoms with van der Waals surface area (Å²) in [7, 11) is 0. The van der Waals surface area contributed by atoms with Crippen molar-refractivity contribution in [2.24, 2.45) is 0 Å². The molecule has 0 aromatic heterocycles. The van der Waals surface area contributed by atoms with Crippen LogP contribution in [0.5, 0.6) is 0 Å². The fourth-order valence-electron chi connectivity index (χ4n) is 2.95. The van der Waals surface area contributed by atoms with E-state index in [1.807, 2.05) is 66.9 Å². The maximum atomic E-state index is 9.77. The summed E-state index contributed by atoms with van der Waals surface area (Å²) in [5.41, 5.74) is 10.7. The van der Waals surface area contributed by atoms with Gasteiger partial charge in [0.1, 0.15) is 12.1 Å². The molecule has 3 nitrogen and oxygen atoms in total. The number of rotatable bonds is 3. The first-order valence-corrected chi connectivity index (χ1v) is 8.89. The molecule has 0 saturated carbocycles. The number of nitriles is 2. The van der Waals surface area contributed by atoms with E-state index in [4.69, 9.17) is 5.73 Å². The summed E-state index contributed by atoms with van der Waals surface area (Å²) in [5, 5.41) is 19.4. The molecule has 0 radical (unpaired) electrons. The van der Waals surface area contributed by atoms with E-state index in [1.54, 1.807) is 0 Å². The second kappa shape index (κ2) is 7.13. The number of nitrogens with zero attached hydrogens (tertiary/aromatic N) is 2. The quantitative estimate of drug-likeness (QED) is 0.533. The lowest BCUT2D eigenvalue weighted by Gasteiger charge is -2.19. The summed E-state index contributed by atoms with van der Waals surface area (Å²) < 4.78 is 0. The molecule has 0 amide bonds. The molecule has 0 aliphatic carbocycles. The predicted octanol–water partition coefficient (Wildman–Crippen LogP) is 5.07. The van der Waals surface area contributed by atoms with Gasteiger partial charge in [-0.15, -0.1) is 11.8 Å².